The van der Waals surface area contributed by atoms with Crippen LogP contribution in [0.5, 0.6) is 0 Å². The molecule has 3 aliphatic rings. The molecule has 0 spiro atoms. The zero-order valence-electron chi connectivity index (χ0n) is 24.5. The molecule has 1 saturated heterocycles. The van der Waals surface area contributed by atoms with Gasteiger partial charge in [0.1, 0.15) is 6.04 Å². The number of fused-ring (bicyclic) bond motifs is 1. The molecule has 0 radical (unpaired) electrons. The third kappa shape index (κ3) is 6.66. The molecule has 1 unspecified atom stereocenters. The summed E-state index contributed by atoms with van der Waals surface area (Å²) in [5, 5.41) is 0. The third-order valence-corrected chi connectivity index (χ3v) is 7.76. The van der Waals surface area contributed by atoms with Gasteiger partial charge in [0.2, 0.25) is 5.91 Å². The minimum Gasteiger partial charge on any atom is -0.447 e. The van der Waals surface area contributed by atoms with Crippen molar-refractivity contribution < 1.29 is 19.1 Å². The molecule has 1 aromatic carbocycles. The number of amides is 3. The molecular formula is C32H44N4O4. The van der Waals surface area contributed by atoms with Crippen LogP contribution in [-0.2, 0) is 14.3 Å². The lowest BCUT2D eigenvalue weighted by Crippen LogP contribution is -2.52. The van der Waals surface area contributed by atoms with E-state index in [1.807, 2.05) is 80.0 Å². The predicted molar refractivity (Wildman–Crippen MR) is 158 cm³/mol. The Hall–Kier alpha value is -3.39. The van der Waals surface area contributed by atoms with E-state index in [2.05, 4.69) is 6.58 Å². The van der Waals surface area contributed by atoms with Gasteiger partial charge >= 0.3 is 6.09 Å². The Labute approximate surface area is 238 Å². The fourth-order valence-corrected chi connectivity index (χ4v) is 5.98. The van der Waals surface area contributed by atoms with Crippen molar-refractivity contribution in [2.24, 2.45) is 0 Å². The van der Waals surface area contributed by atoms with Crippen LogP contribution < -0.4 is 4.90 Å². The van der Waals surface area contributed by atoms with Crippen LogP contribution in [0.25, 0.3) is 0 Å². The normalized spacial score (nSPS) is 20.8. The summed E-state index contributed by atoms with van der Waals surface area (Å²) in [6.45, 7) is 13.8. The molecule has 8 nitrogen and oxygen atoms in total. The van der Waals surface area contributed by atoms with Gasteiger partial charge in [0.15, 0.2) is 0 Å². The van der Waals surface area contributed by atoms with Gasteiger partial charge in [-0.15, -0.1) is 0 Å². The third-order valence-electron chi connectivity index (χ3n) is 7.76. The number of carbonyl (C=O) groups excluding carboxylic acids is 3. The highest BCUT2D eigenvalue weighted by molar-refractivity contribution is 6.07. The van der Waals surface area contributed by atoms with Gasteiger partial charge in [0.25, 0.3) is 5.91 Å². The Balaban J connectivity index is 1.62. The first-order valence-electron chi connectivity index (χ1n) is 14.6. The number of benzene rings is 1. The molecule has 8 heteroatoms. The minimum atomic E-state index is -0.741. The molecule has 4 rings (SSSR count). The smallest absolute Gasteiger partial charge is 0.410 e. The highest BCUT2D eigenvalue weighted by Crippen LogP contribution is 2.44. The van der Waals surface area contributed by atoms with E-state index in [0.29, 0.717) is 31.9 Å². The lowest BCUT2D eigenvalue weighted by Gasteiger charge is -2.37. The molecule has 0 bridgehead atoms. The summed E-state index contributed by atoms with van der Waals surface area (Å²) in [5.74, 6) is -0.192. The van der Waals surface area contributed by atoms with E-state index < -0.39 is 6.04 Å². The zero-order valence-corrected chi connectivity index (χ0v) is 24.5. The number of allylic oxidation sites excluding steroid dienone is 4. The Kier molecular flexibility index (Phi) is 9.85. The Bertz CT molecular complexity index is 1160. The first-order valence-corrected chi connectivity index (χ1v) is 14.6. The highest BCUT2D eigenvalue weighted by Gasteiger charge is 2.46. The van der Waals surface area contributed by atoms with Gasteiger partial charge in [-0.25, -0.2) is 4.79 Å². The molecule has 2 fully saturated rings. The monoisotopic (exact) mass is 548 g/mol. The summed E-state index contributed by atoms with van der Waals surface area (Å²) in [4.78, 5) is 48.2. The molecule has 0 N–H and O–H groups in total. The summed E-state index contributed by atoms with van der Waals surface area (Å²) in [6.07, 6.45) is 10.5. The van der Waals surface area contributed by atoms with Gasteiger partial charge in [0, 0.05) is 49.2 Å². The quantitative estimate of drug-likeness (QED) is 0.405. The van der Waals surface area contributed by atoms with Crippen LogP contribution in [0.15, 0.2) is 60.3 Å². The second-order valence-electron chi connectivity index (χ2n) is 11.3. The first-order chi connectivity index (χ1) is 19.2. The second kappa shape index (κ2) is 13.3. The fourth-order valence-electron chi connectivity index (χ4n) is 5.98. The molecule has 0 aromatic heterocycles. The van der Waals surface area contributed by atoms with Gasteiger partial charge < -0.3 is 14.5 Å². The van der Waals surface area contributed by atoms with Crippen molar-refractivity contribution in [3.8, 4) is 0 Å². The van der Waals surface area contributed by atoms with Crippen LogP contribution in [0.4, 0.5) is 10.5 Å². The average Bonchev–Trinajstić information content (AvgIpc) is 3.20. The van der Waals surface area contributed by atoms with E-state index in [-0.39, 0.29) is 36.6 Å². The van der Waals surface area contributed by atoms with Gasteiger partial charge in [0.05, 0.1) is 12.6 Å². The summed E-state index contributed by atoms with van der Waals surface area (Å²) in [6, 6.07) is 7.32. The number of rotatable bonds is 8. The Morgan fingerprint density at radius 3 is 2.40 bits per heavy atom. The van der Waals surface area contributed by atoms with Crippen LogP contribution in [0.2, 0.25) is 0 Å². The first kappa shape index (κ1) is 29.6. The second-order valence-corrected chi connectivity index (χ2v) is 11.3. The van der Waals surface area contributed by atoms with E-state index >= 15 is 0 Å². The summed E-state index contributed by atoms with van der Waals surface area (Å²) >= 11 is 0. The van der Waals surface area contributed by atoms with Crippen molar-refractivity contribution in [1.82, 2.24) is 14.7 Å². The lowest BCUT2D eigenvalue weighted by atomic mass is 9.94. The van der Waals surface area contributed by atoms with E-state index in [4.69, 9.17) is 4.74 Å². The lowest BCUT2D eigenvalue weighted by molar-refractivity contribution is -0.138. The number of piperazine rings is 1. The zero-order chi connectivity index (χ0) is 28.8. The average molecular weight is 549 g/mol. The van der Waals surface area contributed by atoms with E-state index in [0.717, 1.165) is 42.5 Å². The maximum atomic E-state index is 14.3. The van der Waals surface area contributed by atoms with Crippen molar-refractivity contribution in [1.29, 1.82) is 0 Å². The fraction of sp³-hybridized carbons (Fsp3) is 0.531. The number of carbonyl (C=O) groups is 3. The van der Waals surface area contributed by atoms with Crippen molar-refractivity contribution >= 4 is 23.6 Å². The molecule has 1 atom stereocenters. The molecule has 2 aliphatic heterocycles. The molecule has 1 aromatic rings. The van der Waals surface area contributed by atoms with E-state index in [1.165, 1.54) is 6.42 Å². The highest BCUT2D eigenvalue weighted by atomic mass is 16.6. The molecule has 2 heterocycles. The topological polar surface area (TPSA) is 73.4 Å². The predicted octanol–water partition coefficient (Wildman–Crippen LogP) is 5.43. The number of para-hydroxylation sites is 1. The Morgan fingerprint density at radius 1 is 1.10 bits per heavy atom. The molecule has 3 amide bonds. The van der Waals surface area contributed by atoms with Gasteiger partial charge in [-0.05, 0) is 58.8 Å². The standard InChI is InChI=1S/C32H44N4O4/c1-6-12-26(21-23(2)3)36(29(37)22-33-17-19-34(20-18-33)32(39)40-24(4)5)30-27-15-10-11-16-28(27)35(31(30)38)25-13-8-7-9-14-25/h6,10-12,15-16,21,24-25,30H,2,7-9,13-14,17-20,22H2,1,3-5H3/b12-6-,26-21+. The van der Waals surface area contributed by atoms with E-state index in [9.17, 15) is 14.4 Å². The molecule has 1 saturated carbocycles. The number of hydrogen-bond acceptors (Lipinski definition) is 5. The van der Waals surface area contributed by atoms with Crippen LogP contribution in [-0.4, -0.2) is 77.5 Å². The van der Waals surface area contributed by atoms with Crippen LogP contribution >= 0.6 is 0 Å². The molecular weight excluding hydrogens is 504 g/mol. The van der Waals surface area contributed by atoms with Gasteiger partial charge in [-0.3, -0.25) is 19.4 Å². The van der Waals surface area contributed by atoms with Crippen molar-refractivity contribution in [3.63, 3.8) is 0 Å². The van der Waals surface area contributed by atoms with Crippen molar-refractivity contribution in [3.05, 3.63) is 65.9 Å². The van der Waals surface area contributed by atoms with Crippen LogP contribution in [0.1, 0.15) is 71.4 Å². The van der Waals surface area contributed by atoms with Gasteiger partial charge in [-0.1, -0.05) is 55.7 Å². The summed E-state index contributed by atoms with van der Waals surface area (Å²) in [5.41, 5.74) is 3.23. The summed E-state index contributed by atoms with van der Waals surface area (Å²) < 4.78 is 5.34. The van der Waals surface area contributed by atoms with Crippen LogP contribution in [0, 0.1) is 0 Å². The van der Waals surface area contributed by atoms with Crippen LogP contribution in [0.3, 0.4) is 0 Å². The van der Waals surface area contributed by atoms with Crippen molar-refractivity contribution in [2.75, 3.05) is 37.6 Å². The maximum absolute atomic E-state index is 14.3. The van der Waals surface area contributed by atoms with Gasteiger partial charge in [-0.2, -0.15) is 0 Å². The molecule has 1 aliphatic carbocycles. The minimum absolute atomic E-state index is 0.0418. The van der Waals surface area contributed by atoms with E-state index in [1.54, 1.807) is 9.80 Å². The van der Waals surface area contributed by atoms with Crippen molar-refractivity contribution in [2.45, 2.75) is 78.0 Å². The largest absolute Gasteiger partial charge is 0.447 e. The molecule has 40 heavy (non-hydrogen) atoms. The SMILES string of the molecule is C=C(C)/C=C(\C=C/C)N(C(=O)CN1CCN(C(=O)OC(C)C)CC1)C1C(=O)N(C2CCCCC2)c2ccccc21. The Morgan fingerprint density at radius 2 is 1.77 bits per heavy atom. The number of anilines is 1. The maximum Gasteiger partial charge on any atom is 0.410 e. The molecule has 216 valence electrons. The number of ether oxygens (including phenoxy) is 1. The number of nitrogens with zero attached hydrogens (tertiary/aromatic N) is 4. The summed E-state index contributed by atoms with van der Waals surface area (Å²) in [7, 11) is 0. The number of hydrogen-bond donors (Lipinski definition) is 0.